The Bertz CT molecular complexity index is 656. The fraction of sp³-hybridized carbons (Fsp3) is 0.562. The minimum Gasteiger partial charge on any atom is -0.349 e. The molecule has 120 valence electrons. The molecule has 0 aliphatic rings. The van der Waals surface area contributed by atoms with Crippen molar-refractivity contribution < 1.29 is 4.79 Å². The summed E-state index contributed by atoms with van der Waals surface area (Å²) in [7, 11) is 1.90. The molecule has 6 nitrogen and oxygen atoms in total. The van der Waals surface area contributed by atoms with Gasteiger partial charge in [-0.1, -0.05) is 0 Å². The van der Waals surface area contributed by atoms with Crippen LogP contribution in [0.15, 0.2) is 12.3 Å². The SMILES string of the molecule is Cc1cc(C)n(CCCC(=O)N[C@@H](C)c2cnn(C)c2C)n1. The summed E-state index contributed by atoms with van der Waals surface area (Å²) < 4.78 is 3.78. The van der Waals surface area contributed by atoms with Gasteiger partial charge in [-0.15, -0.1) is 0 Å². The van der Waals surface area contributed by atoms with Crippen molar-refractivity contribution in [1.82, 2.24) is 24.9 Å². The van der Waals surface area contributed by atoms with Crippen LogP contribution in [0.3, 0.4) is 0 Å². The number of amides is 1. The van der Waals surface area contributed by atoms with Crippen molar-refractivity contribution in [3.63, 3.8) is 0 Å². The molecule has 2 heterocycles. The van der Waals surface area contributed by atoms with E-state index in [9.17, 15) is 4.79 Å². The zero-order valence-corrected chi connectivity index (χ0v) is 14.1. The topological polar surface area (TPSA) is 64.7 Å². The van der Waals surface area contributed by atoms with Crippen LogP contribution in [0.4, 0.5) is 0 Å². The van der Waals surface area contributed by atoms with Gasteiger partial charge in [0.05, 0.1) is 17.9 Å². The van der Waals surface area contributed by atoms with E-state index in [0.717, 1.165) is 35.6 Å². The van der Waals surface area contributed by atoms with Gasteiger partial charge >= 0.3 is 0 Å². The smallest absolute Gasteiger partial charge is 0.220 e. The van der Waals surface area contributed by atoms with E-state index in [4.69, 9.17) is 0 Å². The normalized spacial score (nSPS) is 12.4. The number of carbonyl (C=O) groups is 1. The van der Waals surface area contributed by atoms with Crippen molar-refractivity contribution in [2.45, 2.75) is 53.1 Å². The first-order chi connectivity index (χ1) is 10.4. The zero-order valence-electron chi connectivity index (χ0n) is 14.1. The summed E-state index contributed by atoms with van der Waals surface area (Å²) in [5, 5.41) is 11.7. The van der Waals surface area contributed by atoms with Crippen LogP contribution in [0.2, 0.25) is 0 Å². The molecule has 0 radical (unpaired) electrons. The largest absolute Gasteiger partial charge is 0.349 e. The van der Waals surface area contributed by atoms with E-state index in [0.29, 0.717) is 6.42 Å². The van der Waals surface area contributed by atoms with Crippen LogP contribution in [0.25, 0.3) is 0 Å². The van der Waals surface area contributed by atoms with Crippen LogP contribution < -0.4 is 5.32 Å². The van der Waals surface area contributed by atoms with Gasteiger partial charge in [0.1, 0.15) is 0 Å². The molecule has 0 fully saturated rings. The Labute approximate surface area is 131 Å². The number of carbonyl (C=O) groups excluding carboxylic acids is 1. The van der Waals surface area contributed by atoms with E-state index in [1.807, 2.05) is 56.4 Å². The van der Waals surface area contributed by atoms with Gasteiger partial charge in [-0.3, -0.25) is 14.2 Å². The predicted molar refractivity (Wildman–Crippen MR) is 85.4 cm³/mol. The highest BCUT2D eigenvalue weighted by molar-refractivity contribution is 5.76. The van der Waals surface area contributed by atoms with E-state index in [-0.39, 0.29) is 11.9 Å². The summed E-state index contributed by atoms with van der Waals surface area (Å²) in [5.74, 6) is 0.0669. The molecule has 0 bridgehead atoms. The quantitative estimate of drug-likeness (QED) is 0.889. The van der Waals surface area contributed by atoms with Crippen LogP contribution in [-0.2, 0) is 18.4 Å². The van der Waals surface area contributed by atoms with Gasteiger partial charge in [-0.05, 0) is 40.2 Å². The summed E-state index contributed by atoms with van der Waals surface area (Å²) in [4.78, 5) is 12.1. The molecular formula is C16H25N5O. The average molecular weight is 303 g/mol. The molecule has 1 atom stereocenters. The van der Waals surface area contributed by atoms with Gasteiger partial charge in [0.25, 0.3) is 0 Å². The van der Waals surface area contributed by atoms with Crippen molar-refractivity contribution in [3.05, 3.63) is 34.9 Å². The third-order valence-corrected chi connectivity index (χ3v) is 3.99. The van der Waals surface area contributed by atoms with E-state index in [1.54, 1.807) is 0 Å². The molecule has 0 aromatic carbocycles. The van der Waals surface area contributed by atoms with Crippen LogP contribution in [0, 0.1) is 20.8 Å². The Balaban J connectivity index is 1.80. The highest BCUT2D eigenvalue weighted by Crippen LogP contribution is 2.16. The van der Waals surface area contributed by atoms with Crippen molar-refractivity contribution in [1.29, 1.82) is 0 Å². The molecule has 2 aromatic rings. The number of hydrogen-bond donors (Lipinski definition) is 1. The first-order valence-corrected chi connectivity index (χ1v) is 7.67. The molecule has 2 aromatic heterocycles. The standard InChI is InChI=1S/C16H25N5O/c1-11-9-12(2)21(19-11)8-6-7-16(22)18-13(3)15-10-17-20(5)14(15)4/h9-10,13H,6-8H2,1-5H3,(H,18,22)/t13-/m0/s1. The molecule has 1 N–H and O–H groups in total. The fourth-order valence-electron chi connectivity index (χ4n) is 2.62. The first-order valence-electron chi connectivity index (χ1n) is 7.67. The third kappa shape index (κ3) is 3.75. The summed E-state index contributed by atoms with van der Waals surface area (Å²) in [6.45, 7) is 8.78. The molecule has 0 saturated carbocycles. The monoisotopic (exact) mass is 303 g/mol. The minimum absolute atomic E-state index is 0.0186. The fourth-order valence-corrected chi connectivity index (χ4v) is 2.62. The van der Waals surface area contributed by atoms with E-state index < -0.39 is 0 Å². The molecule has 0 aliphatic carbocycles. The lowest BCUT2D eigenvalue weighted by molar-refractivity contribution is -0.121. The van der Waals surface area contributed by atoms with Gasteiger partial charge in [-0.2, -0.15) is 10.2 Å². The summed E-state index contributed by atoms with van der Waals surface area (Å²) in [6, 6.07) is 2.03. The molecule has 6 heteroatoms. The highest BCUT2D eigenvalue weighted by atomic mass is 16.1. The summed E-state index contributed by atoms with van der Waals surface area (Å²) in [6.07, 6.45) is 3.10. The second-order valence-corrected chi connectivity index (χ2v) is 5.85. The van der Waals surface area contributed by atoms with Crippen LogP contribution in [0.5, 0.6) is 0 Å². The Morgan fingerprint density at radius 3 is 2.64 bits per heavy atom. The van der Waals surface area contributed by atoms with Crippen molar-refractivity contribution in [2.75, 3.05) is 0 Å². The molecule has 2 rings (SSSR count). The number of aromatic nitrogens is 4. The lowest BCUT2D eigenvalue weighted by Gasteiger charge is -2.14. The van der Waals surface area contributed by atoms with E-state index in [1.165, 1.54) is 0 Å². The molecular weight excluding hydrogens is 278 g/mol. The van der Waals surface area contributed by atoms with Gasteiger partial charge in [0.15, 0.2) is 0 Å². The Hall–Kier alpha value is -2.11. The number of nitrogens with zero attached hydrogens (tertiary/aromatic N) is 4. The number of aryl methyl sites for hydroxylation is 4. The third-order valence-electron chi connectivity index (χ3n) is 3.99. The van der Waals surface area contributed by atoms with Crippen molar-refractivity contribution in [3.8, 4) is 0 Å². The molecule has 22 heavy (non-hydrogen) atoms. The number of hydrogen-bond acceptors (Lipinski definition) is 3. The Morgan fingerprint density at radius 1 is 1.36 bits per heavy atom. The zero-order chi connectivity index (χ0) is 16.3. The minimum atomic E-state index is -0.0186. The maximum absolute atomic E-state index is 12.1. The number of nitrogens with one attached hydrogen (secondary N) is 1. The van der Waals surface area contributed by atoms with Crippen molar-refractivity contribution >= 4 is 5.91 Å². The van der Waals surface area contributed by atoms with Crippen LogP contribution in [0.1, 0.15) is 48.5 Å². The van der Waals surface area contributed by atoms with Gasteiger partial charge in [0, 0.05) is 37.0 Å². The van der Waals surface area contributed by atoms with Gasteiger partial charge < -0.3 is 5.32 Å². The summed E-state index contributed by atoms with van der Waals surface area (Å²) in [5.41, 5.74) is 4.30. The maximum atomic E-state index is 12.1. The van der Waals surface area contributed by atoms with Gasteiger partial charge in [-0.25, -0.2) is 0 Å². The Kier molecular flexibility index (Phi) is 5.00. The summed E-state index contributed by atoms with van der Waals surface area (Å²) >= 11 is 0. The number of rotatable bonds is 6. The highest BCUT2D eigenvalue weighted by Gasteiger charge is 2.14. The molecule has 0 aliphatic heterocycles. The molecule has 0 spiro atoms. The lowest BCUT2D eigenvalue weighted by atomic mass is 10.1. The first kappa shape index (κ1) is 16.3. The second-order valence-electron chi connectivity index (χ2n) is 5.85. The van der Waals surface area contributed by atoms with Gasteiger partial charge in [0.2, 0.25) is 5.91 Å². The van der Waals surface area contributed by atoms with E-state index in [2.05, 4.69) is 15.5 Å². The predicted octanol–water partition coefficient (Wildman–Crippen LogP) is 2.20. The molecule has 0 unspecified atom stereocenters. The maximum Gasteiger partial charge on any atom is 0.220 e. The average Bonchev–Trinajstić information content (AvgIpc) is 2.93. The molecule has 0 saturated heterocycles. The van der Waals surface area contributed by atoms with Crippen LogP contribution >= 0.6 is 0 Å². The lowest BCUT2D eigenvalue weighted by Crippen LogP contribution is -2.27. The van der Waals surface area contributed by atoms with Crippen LogP contribution in [-0.4, -0.2) is 25.5 Å². The molecule has 1 amide bonds. The van der Waals surface area contributed by atoms with Crippen molar-refractivity contribution in [2.24, 2.45) is 7.05 Å². The second kappa shape index (κ2) is 6.77. The van der Waals surface area contributed by atoms with E-state index >= 15 is 0 Å². The Morgan fingerprint density at radius 2 is 2.09 bits per heavy atom.